The summed E-state index contributed by atoms with van der Waals surface area (Å²) < 4.78 is 5.57. The van der Waals surface area contributed by atoms with Crippen molar-refractivity contribution in [1.29, 1.82) is 0 Å². The molecule has 0 saturated heterocycles. The lowest BCUT2D eigenvalue weighted by Gasteiger charge is -2.18. The fraction of sp³-hybridized carbons (Fsp3) is 0.571. The highest BCUT2D eigenvalue weighted by molar-refractivity contribution is 5.44. The highest BCUT2D eigenvalue weighted by atomic mass is 16.5. The third kappa shape index (κ3) is 1.71. The molecule has 16 heavy (non-hydrogen) atoms. The minimum Gasteiger partial charge on any atom is -0.494 e. The molecule has 2 heteroatoms. The van der Waals surface area contributed by atoms with Crippen molar-refractivity contribution in [3.05, 3.63) is 29.3 Å². The van der Waals surface area contributed by atoms with Crippen LogP contribution in [0.4, 0.5) is 0 Å². The van der Waals surface area contributed by atoms with E-state index in [1.165, 1.54) is 11.1 Å². The molecule has 0 heterocycles. The molecule has 0 radical (unpaired) electrons. The SMILES string of the molecule is CCOc1ccc2c(c1)C(NC)C(C)C2C. The fourth-order valence-electron chi connectivity index (χ4n) is 2.77. The first-order valence-corrected chi connectivity index (χ1v) is 6.13. The van der Waals surface area contributed by atoms with Crippen molar-refractivity contribution >= 4 is 0 Å². The zero-order valence-electron chi connectivity index (χ0n) is 10.6. The Kier molecular flexibility index (Phi) is 3.20. The van der Waals surface area contributed by atoms with Gasteiger partial charge in [0.1, 0.15) is 5.75 Å². The summed E-state index contributed by atoms with van der Waals surface area (Å²) >= 11 is 0. The predicted molar refractivity (Wildman–Crippen MR) is 67.0 cm³/mol. The molecular weight excluding hydrogens is 198 g/mol. The monoisotopic (exact) mass is 219 g/mol. The molecule has 2 rings (SSSR count). The first kappa shape index (κ1) is 11.5. The second kappa shape index (κ2) is 4.46. The third-order valence-electron chi connectivity index (χ3n) is 3.82. The summed E-state index contributed by atoms with van der Waals surface area (Å²) in [5.41, 5.74) is 2.88. The first-order valence-electron chi connectivity index (χ1n) is 6.13. The Balaban J connectivity index is 2.38. The Morgan fingerprint density at radius 1 is 1.25 bits per heavy atom. The number of rotatable bonds is 3. The highest BCUT2D eigenvalue weighted by Crippen LogP contribution is 2.45. The molecule has 88 valence electrons. The van der Waals surface area contributed by atoms with Crippen molar-refractivity contribution in [3.63, 3.8) is 0 Å². The van der Waals surface area contributed by atoms with Crippen molar-refractivity contribution in [1.82, 2.24) is 5.32 Å². The van der Waals surface area contributed by atoms with Crippen LogP contribution in [0.1, 0.15) is 43.9 Å². The van der Waals surface area contributed by atoms with Crippen molar-refractivity contribution in [2.75, 3.05) is 13.7 Å². The lowest BCUT2D eigenvalue weighted by atomic mass is 9.95. The van der Waals surface area contributed by atoms with Crippen molar-refractivity contribution in [2.45, 2.75) is 32.7 Å². The molecule has 1 aromatic carbocycles. The molecule has 1 aliphatic carbocycles. The Bertz CT molecular complexity index is 375. The average molecular weight is 219 g/mol. The molecule has 0 fully saturated rings. The molecule has 3 atom stereocenters. The molecule has 2 nitrogen and oxygen atoms in total. The van der Waals surface area contributed by atoms with Gasteiger partial charge in [-0.2, -0.15) is 0 Å². The summed E-state index contributed by atoms with van der Waals surface area (Å²) in [4.78, 5) is 0. The molecule has 0 aliphatic heterocycles. The van der Waals surface area contributed by atoms with E-state index in [-0.39, 0.29) is 0 Å². The second-order valence-corrected chi connectivity index (χ2v) is 4.64. The van der Waals surface area contributed by atoms with E-state index < -0.39 is 0 Å². The molecule has 1 aliphatic rings. The largest absolute Gasteiger partial charge is 0.494 e. The Morgan fingerprint density at radius 3 is 2.62 bits per heavy atom. The van der Waals surface area contributed by atoms with Gasteiger partial charge in [0.05, 0.1) is 6.61 Å². The van der Waals surface area contributed by atoms with E-state index in [0.29, 0.717) is 17.9 Å². The van der Waals surface area contributed by atoms with E-state index in [0.717, 1.165) is 12.4 Å². The van der Waals surface area contributed by atoms with E-state index in [1.807, 2.05) is 14.0 Å². The van der Waals surface area contributed by atoms with Crippen LogP contribution in [-0.4, -0.2) is 13.7 Å². The van der Waals surface area contributed by atoms with Gasteiger partial charge in [0.15, 0.2) is 0 Å². The first-order chi connectivity index (χ1) is 7.69. The fourth-order valence-corrected chi connectivity index (χ4v) is 2.77. The van der Waals surface area contributed by atoms with E-state index in [1.54, 1.807) is 0 Å². The van der Waals surface area contributed by atoms with Crippen LogP contribution in [0.15, 0.2) is 18.2 Å². The van der Waals surface area contributed by atoms with Gasteiger partial charge in [-0.05, 0) is 49.1 Å². The average Bonchev–Trinajstić information content (AvgIpc) is 2.52. The van der Waals surface area contributed by atoms with Crippen LogP contribution < -0.4 is 10.1 Å². The number of nitrogens with one attached hydrogen (secondary N) is 1. The molecule has 0 spiro atoms. The molecule has 1 N–H and O–H groups in total. The summed E-state index contributed by atoms with van der Waals surface area (Å²) in [6, 6.07) is 6.97. The van der Waals surface area contributed by atoms with Gasteiger partial charge in [-0.15, -0.1) is 0 Å². The standard InChI is InChI=1S/C14H21NO/c1-5-16-11-6-7-12-9(2)10(3)14(15-4)13(12)8-11/h6-10,14-15H,5H2,1-4H3. The Morgan fingerprint density at radius 2 is 2.00 bits per heavy atom. The molecule has 0 aromatic heterocycles. The smallest absolute Gasteiger partial charge is 0.119 e. The maximum atomic E-state index is 5.57. The normalized spacial score (nSPS) is 27.9. The Labute approximate surface area is 98.0 Å². The lowest BCUT2D eigenvalue weighted by Crippen LogP contribution is -2.20. The maximum absolute atomic E-state index is 5.57. The van der Waals surface area contributed by atoms with Crippen LogP contribution in [0.2, 0.25) is 0 Å². The minimum absolute atomic E-state index is 0.463. The van der Waals surface area contributed by atoms with Crippen molar-refractivity contribution in [3.8, 4) is 5.75 Å². The van der Waals surface area contributed by atoms with Gasteiger partial charge < -0.3 is 10.1 Å². The zero-order valence-corrected chi connectivity index (χ0v) is 10.6. The summed E-state index contributed by atoms with van der Waals surface area (Å²) in [5.74, 6) is 2.27. The van der Waals surface area contributed by atoms with Crippen LogP contribution in [0.5, 0.6) is 5.75 Å². The number of hydrogen-bond acceptors (Lipinski definition) is 2. The maximum Gasteiger partial charge on any atom is 0.119 e. The lowest BCUT2D eigenvalue weighted by molar-refractivity contribution is 0.339. The van der Waals surface area contributed by atoms with Gasteiger partial charge >= 0.3 is 0 Å². The van der Waals surface area contributed by atoms with Crippen LogP contribution in [0.25, 0.3) is 0 Å². The topological polar surface area (TPSA) is 21.3 Å². The van der Waals surface area contributed by atoms with Crippen LogP contribution >= 0.6 is 0 Å². The van der Waals surface area contributed by atoms with Crippen LogP contribution in [-0.2, 0) is 0 Å². The van der Waals surface area contributed by atoms with E-state index in [2.05, 4.69) is 37.4 Å². The summed E-state index contributed by atoms with van der Waals surface area (Å²) in [7, 11) is 2.04. The minimum atomic E-state index is 0.463. The summed E-state index contributed by atoms with van der Waals surface area (Å²) in [6.45, 7) is 7.37. The van der Waals surface area contributed by atoms with Crippen molar-refractivity contribution in [2.24, 2.45) is 5.92 Å². The van der Waals surface area contributed by atoms with E-state index in [9.17, 15) is 0 Å². The zero-order chi connectivity index (χ0) is 11.7. The van der Waals surface area contributed by atoms with Gasteiger partial charge in [0.2, 0.25) is 0 Å². The quantitative estimate of drug-likeness (QED) is 0.843. The molecule has 1 aromatic rings. The van der Waals surface area contributed by atoms with Gasteiger partial charge in [0, 0.05) is 6.04 Å². The molecule has 0 saturated carbocycles. The number of fused-ring (bicyclic) bond motifs is 1. The van der Waals surface area contributed by atoms with Gasteiger partial charge in [-0.3, -0.25) is 0 Å². The van der Waals surface area contributed by atoms with Crippen LogP contribution in [0, 0.1) is 5.92 Å². The number of ether oxygens (including phenoxy) is 1. The molecule has 0 amide bonds. The summed E-state index contributed by atoms with van der Waals surface area (Å²) in [5, 5.41) is 3.41. The molecular formula is C14H21NO. The predicted octanol–water partition coefficient (Wildman–Crippen LogP) is 3.10. The van der Waals surface area contributed by atoms with Crippen molar-refractivity contribution < 1.29 is 4.74 Å². The van der Waals surface area contributed by atoms with Gasteiger partial charge in [-0.25, -0.2) is 0 Å². The van der Waals surface area contributed by atoms with Gasteiger partial charge in [0.25, 0.3) is 0 Å². The van der Waals surface area contributed by atoms with E-state index in [4.69, 9.17) is 4.74 Å². The Hall–Kier alpha value is -1.02. The number of benzene rings is 1. The highest BCUT2D eigenvalue weighted by Gasteiger charge is 2.34. The molecule has 3 unspecified atom stereocenters. The van der Waals surface area contributed by atoms with Gasteiger partial charge in [-0.1, -0.05) is 19.9 Å². The second-order valence-electron chi connectivity index (χ2n) is 4.64. The molecule has 0 bridgehead atoms. The van der Waals surface area contributed by atoms with E-state index >= 15 is 0 Å². The number of hydrogen-bond donors (Lipinski definition) is 1. The summed E-state index contributed by atoms with van der Waals surface area (Å²) in [6.07, 6.45) is 0. The third-order valence-corrected chi connectivity index (χ3v) is 3.82. The van der Waals surface area contributed by atoms with Crippen LogP contribution in [0.3, 0.4) is 0 Å².